The smallest absolute Gasteiger partial charge is 0.264 e. The Kier molecular flexibility index (Phi) is 25.6. The Bertz CT molecular complexity index is 3870. The summed E-state index contributed by atoms with van der Waals surface area (Å²) in [4.78, 5) is 11.5. The highest BCUT2D eigenvalue weighted by atomic mass is 32.1. The van der Waals surface area contributed by atoms with Gasteiger partial charge in [-0.25, -0.2) is 8.78 Å². The lowest BCUT2D eigenvalue weighted by molar-refractivity contribution is 0.0773. The van der Waals surface area contributed by atoms with Crippen molar-refractivity contribution < 1.29 is 27.4 Å². The molecule has 1 saturated heterocycles. The van der Waals surface area contributed by atoms with Crippen molar-refractivity contribution in [3.05, 3.63) is 258 Å². The number of ether oxygens (including phenoxy) is 3. The highest BCUT2D eigenvalue weighted by molar-refractivity contribution is 7.12. The normalized spacial score (nSPS) is 15.6. The molecule has 1 aliphatic carbocycles. The highest BCUT2D eigenvalue weighted by Gasteiger charge is 2.29. The molecule has 0 radical (unpaired) electrons. The number of benzene rings is 5. The first-order valence-corrected chi connectivity index (χ1v) is 32.3. The van der Waals surface area contributed by atoms with E-state index < -0.39 is 6.43 Å². The van der Waals surface area contributed by atoms with E-state index in [1.54, 1.807) is 12.3 Å². The lowest BCUT2D eigenvalue weighted by Crippen LogP contribution is -2.25. The molecule has 7 aromatic heterocycles. The Balaban J connectivity index is 0.000000140. The number of rotatable bonds is 2. The van der Waals surface area contributed by atoms with Crippen molar-refractivity contribution in [3.8, 4) is 11.5 Å². The van der Waals surface area contributed by atoms with E-state index in [2.05, 4.69) is 199 Å². The average Bonchev–Trinajstić information content (AvgIpc) is 4.63. The van der Waals surface area contributed by atoms with Crippen molar-refractivity contribution in [1.82, 2.24) is 14.5 Å². The van der Waals surface area contributed by atoms with Crippen LogP contribution >= 0.6 is 34.0 Å². The summed E-state index contributed by atoms with van der Waals surface area (Å²) in [5.41, 5.74) is 11.7. The second-order valence-corrected chi connectivity index (χ2v) is 25.5. The Morgan fingerprint density at radius 2 is 1.26 bits per heavy atom. The molecule has 456 valence electrons. The van der Waals surface area contributed by atoms with E-state index in [0.717, 1.165) is 22.8 Å². The van der Waals surface area contributed by atoms with Crippen molar-refractivity contribution in [1.29, 1.82) is 0 Å². The van der Waals surface area contributed by atoms with Crippen LogP contribution in [-0.4, -0.2) is 39.5 Å². The molecule has 4 atom stereocenters. The van der Waals surface area contributed by atoms with Crippen molar-refractivity contribution >= 4 is 77.7 Å². The van der Waals surface area contributed by atoms with Crippen LogP contribution in [0.3, 0.4) is 0 Å². The number of nitrogens with zero attached hydrogens (tertiary/aromatic N) is 1. The van der Waals surface area contributed by atoms with Crippen LogP contribution in [0, 0.1) is 68.2 Å². The molecule has 87 heavy (non-hydrogen) atoms. The van der Waals surface area contributed by atoms with Crippen molar-refractivity contribution in [3.63, 3.8) is 0 Å². The third-order valence-electron chi connectivity index (χ3n) is 14.8. The van der Waals surface area contributed by atoms with Gasteiger partial charge in [0, 0.05) is 82.9 Å². The number of fused-ring (bicyclic) bond motifs is 6. The second-order valence-electron chi connectivity index (χ2n) is 21.8. The monoisotopic (exact) mass is 1230 g/mol. The largest absolute Gasteiger partial charge is 0.486 e. The summed E-state index contributed by atoms with van der Waals surface area (Å²) in [6.45, 7) is 25.6. The first kappa shape index (κ1) is 66.8. The number of thiophene rings is 3. The third-order valence-corrected chi connectivity index (χ3v) is 17.6. The topological polar surface area (TPSA) is 77.3 Å². The SMILES string of the molecule is CC1CC2C=CC=CC2O1.CC1COc2ccccc2O1.CCc1ccsc1C.Cc1c[nH]c2ccccc12.Cc1cc(C)c(C)s1.Cc1cc2ccccc2[nH]1.Cc1cc2ccccc2n1C.Cc1cc2ccccc2o1.Cc1sccc1C(F)F. The van der Waals surface area contributed by atoms with Crippen molar-refractivity contribution in [2.75, 3.05) is 6.61 Å². The minimum absolute atomic E-state index is 0.167. The summed E-state index contributed by atoms with van der Waals surface area (Å²) < 4.78 is 47.9. The number of halogens is 2. The summed E-state index contributed by atoms with van der Waals surface area (Å²) in [6, 6.07) is 53.0. The van der Waals surface area contributed by atoms with Gasteiger partial charge in [0.05, 0.1) is 12.2 Å². The van der Waals surface area contributed by atoms with Crippen LogP contribution in [0.1, 0.15) is 92.5 Å². The maximum atomic E-state index is 11.9. The van der Waals surface area contributed by atoms with Gasteiger partial charge in [0.1, 0.15) is 24.1 Å². The van der Waals surface area contributed by atoms with Crippen LogP contribution < -0.4 is 9.47 Å². The van der Waals surface area contributed by atoms with Gasteiger partial charge in [-0.15, -0.1) is 34.0 Å². The molecule has 12 heteroatoms. The summed E-state index contributed by atoms with van der Waals surface area (Å²) >= 11 is 5.05. The molecular weight excluding hydrogens is 1140 g/mol. The van der Waals surface area contributed by atoms with Crippen LogP contribution in [-0.2, 0) is 18.2 Å². The molecule has 5 aromatic carbocycles. The van der Waals surface area contributed by atoms with E-state index in [4.69, 9.17) is 18.6 Å². The average molecular weight is 1230 g/mol. The number of para-hydroxylation sites is 6. The van der Waals surface area contributed by atoms with Crippen LogP contribution in [0.15, 0.2) is 203 Å². The number of aryl methyl sites for hydroxylation is 11. The maximum Gasteiger partial charge on any atom is 0.264 e. The standard InChI is InChI=1S/C10H11N.2C9H9N.C9H10O2.C9H12O.C9H8O.2C7H10S.C6H6F2S/c1-8-7-9-5-3-4-6-10(9)11(8)2;1-7-6-10-9-5-3-2-4-8(7)9;1-7-6-8-4-2-3-5-9(8)10-7;1-7-6-10-8-4-2-3-5-9(8)11-7;2*1-7-6-8-4-2-3-5-9(8)10-7;1-5-4-6(2)8-7(5)3;1-3-7-4-5-8-6(7)2;1-4-5(6(7)8)2-3-9-4/h3-7H,1-2H3;2*2-6,10H,1H3;2-5,7H,6H2,1H3;2-5,7-9H,6H2,1H3;2-6H,1H3;4H,1-3H3;4-5H,3H2,1-2H3;2-3,6H,1H3. The molecule has 3 aliphatic rings. The highest BCUT2D eigenvalue weighted by Crippen LogP contribution is 2.32. The molecule has 0 bridgehead atoms. The van der Waals surface area contributed by atoms with Gasteiger partial charge in [0.2, 0.25) is 0 Å². The molecule has 12 aromatic rings. The van der Waals surface area contributed by atoms with Gasteiger partial charge in [0.15, 0.2) is 11.5 Å². The molecule has 2 N–H and O–H groups in total. The Hall–Kier alpha value is -7.74. The number of hydrogen-bond acceptors (Lipinski definition) is 7. The number of hydrogen-bond donors (Lipinski definition) is 2. The fraction of sp³-hybridized carbons (Fsp3) is 0.280. The van der Waals surface area contributed by atoms with E-state index in [1.807, 2.05) is 109 Å². The second kappa shape index (κ2) is 33.4. The molecule has 1 fully saturated rings. The number of alkyl halides is 2. The lowest BCUT2D eigenvalue weighted by atomic mass is 9.96. The number of aromatic nitrogens is 3. The fourth-order valence-corrected chi connectivity index (χ4v) is 12.4. The Morgan fingerprint density at radius 1 is 0.621 bits per heavy atom. The molecule has 0 spiro atoms. The molecule has 15 rings (SSSR count). The number of H-pyrrole nitrogens is 2. The quantitative estimate of drug-likeness (QED) is 0.181. The van der Waals surface area contributed by atoms with E-state index in [9.17, 15) is 8.78 Å². The molecule has 7 nitrogen and oxygen atoms in total. The van der Waals surface area contributed by atoms with E-state index in [1.165, 1.54) is 111 Å². The van der Waals surface area contributed by atoms with E-state index in [0.29, 0.717) is 29.6 Å². The predicted molar refractivity (Wildman–Crippen MR) is 368 cm³/mol. The maximum absolute atomic E-state index is 11.9. The van der Waals surface area contributed by atoms with Crippen LogP contribution in [0.25, 0.3) is 43.7 Å². The van der Waals surface area contributed by atoms with Gasteiger partial charge in [0.25, 0.3) is 6.43 Å². The first-order chi connectivity index (χ1) is 41.9. The summed E-state index contributed by atoms with van der Waals surface area (Å²) in [5.74, 6) is 3.33. The van der Waals surface area contributed by atoms with Gasteiger partial charge in [-0.05, 0) is 200 Å². The van der Waals surface area contributed by atoms with Gasteiger partial charge >= 0.3 is 0 Å². The van der Waals surface area contributed by atoms with Gasteiger partial charge in [-0.1, -0.05) is 116 Å². The predicted octanol–water partition coefficient (Wildman–Crippen LogP) is 22.2. The summed E-state index contributed by atoms with van der Waals surface area (Å²) in [6.07, 6.45) is 11.7. The molecule has 2 aliphatic heterocycles. The molecular formula is C75H85F2N3O4S3. The number of allylic oxidation sites excluding steroid dienone is 2. The van der Waals surface area contributed by atoms with Crippen LogP contribution in [0.2, 0.25) is 0 Å². The molecule has 9 heterocycles. The van der Waals surface area contributed by atoms with Crippen LogP contribution in [0.5, 0.6) is 11.5 Å². The Morgan fingerprint density at radius 3 is 1.85 bits per heavy atom. The summed E-state index contributed by atoms with van der Waals surface area (Å²) in [7, 11) is 2.09. The first-order valence-electron chi connectivity index (χ1n) is 29.7. The number of aromatic amines is 2. The number of nitrogens with one attached hydrogen (secondary N) is 2. The minimum atomic E-state index is -2.31. The minimum Gasteiger partial charge on any atom is -0.486 e. The van der Waals surface area contributed by atoms with E-state index >= 15 is 0 Å². The fourth-order valence-electron chi connectivity index (χ4n) is 9.96. The number of furan rings is 1. The van der Waals surface area contributed by atoms with Gasteiger partial charge in [-0.2, -0.15) is 0 Å². The van der Waals surface area contributed by atoms with E-state index in [-0.39, 0.29) is 11.7 Å². The molecule has 0 saturated carbocycles. The third kappa shape index (κ3) is 20.2. The zero-order valence-electron chi connectivity index (χ0n) is 52.6. The lowest BCUT2D eigenvalue weighted by Gasteiger charge is -2.23. The molecule has 4 unspecified atom stereocenters. The summed E-state index contributed by atoms with van der Waals surface area (Å²) in [5, 5.41) is 8.94. The van der Waals surface area contributed by atoms with Crippen molar-refractivity contribution in [2.24, 2.45) is 13.0 Å². The Labute approximate surface area is 526 Å². The van der Waals surface area contributed by atoms with Gasteiger partial charge in [-0.3, -0.25) is 0 Å². The van der Waals surface area contributed by atoms with Gasteiger partial charge < -0.3 is 33.2 Å². The zero-order valence-corrected chi connectivity index (χ0v) is 55.1. The molecule has 0 amide bonds. The van der Waals surface area contributed by atoms with Crippen LogP contribution in [0.4, 0.5) is 8.78 Å². The van der Waals surface area contributed by atoms with Crippen molar-refractivity contribution in [2.45, 2.75) is 121 Å². The zero-order chi connectivity index (χ0) is 62.4.